The Morgan fingerprint density at radius 3 is 2.42 bits per heavy atom. The Balaban J connectivity index is 0.00000480. The van der Waals surface area contributed by atoms with Gasteiger partial charge in [0, 0.05) is 33.7 Å². The van der Waals surface area contributed by atoms with Crippen LogP contribution in [-0.4, -0.2) is 83.3 Å². The highest BCUT2D eigenvalue weighted by molar-refractivity contribution is 14.0. The van der Waals surface area contributed by atoms with Crippen molar-refractivity contribution in [1.29, 1.82) is 0 Å². The lowest BCUT2D eigenvalue weighted by Gasteiger charge is -2.29. The molecule has 1 unspecified atom stereocenters. The van der Waals surface area contributed by atoms with Crippen LogP contribution in [0.15, 0.2) is 29.3 Å². The number of likely N-dealkylation sites (tertiary alicyclic amines) is 1. The summed E-state index contributed by atoms with van der Waals surface area (Å²) < 4.78 is 30.3. The molecule has 0 bridgehead atoms. The number of hydrogen-bond acceptors (Lipinski definition) is 5. The number of halogens is 1. The fourth-order valence-corrected chi connectivity index (χ4v) is 4.47. The zero-order valence-corrected chi connectivity index (χ0v) is 22.3. The first-order chi connectivity index (χ1) is 14.4. The van der Waals surface area contributed by atoms with E-state index >= 15 is 0 Å². The van der Waals surface area contributed by atoms with Crippen molar-refractivity contribution in [3.63, 3.8) is 0 Å². The molecule has 0 radical (unpaired) electrons. The van der Waals surface area contributed by atoms with E-state index in [9.17, 15) is 8.42 Å². The lowest BCUT2D eigenvalue weighted by atomic mass is 10.1. The quantitative estimate of drug-likeness (QED) is 0.185. The molecular formula is C21H38IN5O3S. The molecule has 10 heteroatoms. The van der Waals surface area contributed by atoms with Gasteiger partial charge in [-0.3, -0.25) is 9.89 Å². The summed E-state index contributed by atoms with van der Waals surface area (Å²) in [6.07, 6.45) is 3.17. The van der Waals surface area contributed by atoms with Gasteiger partial charge in [-0.05, 0) is 57.0 Å². The molecule has 178 valence electrons. The molecule has 1 heterocycles. The van der Waals surface area contributed by atoms with Gasteiger partial charge in [0.25, 0.3) is 0 Å². The number of nitrogens with one attached hydrogen (secondary N) is 2. The Labute approximate surface area is 204 Å². The molecule has 2 N–H and O–H groups in total. The third-order valence-corrected chi connectivity index (χ3v) is 7.41. The van der Waals surface area contributed by atoms with Crippen LogP contribution >= 0.6 is 24.0 Å². The summed E-state index contributed by atoms with van der Waals surface area (Å²) in [5.74, 6) is 1.72. The SMILES string of the molecule is CCS(=O)(=O)N(C)CCCNC(=NC)NCC(c1ccc(OC)cc1)N1CCCC1.I. The molecule has 0 saturated carbocycles. The Morgan fingerprint density at radius 2 is 1.87 bits per heavy atom. The minimum atomic E-state index is -3.13. The van der Waals surface area contributed by atoms with Gasteiger partial charge in [-0.1, -0.05) is 12.1 Å². The van der Waals surface area contributed by atoms with E-state index in [4.69, 9.17) is 4.74 Å². The summed E-state index contributed by atoms with van der Waals surface area (Å²) in [5, 5.41) is 6.73. The van der Waals surface area contributed by atoms with Gasteiger partial charge >= 0.3 is 0 Å². The molecule has 1 aliphatic heterocycles. The first-order valence-electron chi connectivity index (χ1n) is 10.7. The lowest BCUT2D eigenvalue weighted by molar-refractivity contribution is 0.245. The van der Waals surface area contributed by atoms with Gasteiger partial charge < -0.3 is 15.4 Å². The second kappa shape index (κ2) is 14.1. The van der Waals surface area contributed by atoms with Crippen molar-refractivity contribution in [2.45, 2.75) is 32.2 Å². The lowest BCUT2D eigenvalue weighted by Crippen LogP contribution is -2.43. The van der Waals surface area contributed by atoms with E-state index in [1.807, 2.05) is 12.1 Å². The molecular weight excluding hydrogens is 529 g/mol. The van der Waals surface area contributed by atoms with Gasteiger partial charge in [0.05, 0.1) is 18.9 Å². The van der Waals surface area contributed by atoms with Crippen LogP contribution in [0.5, 0.6) is 5.75 Å². The smallest absolute Gasteiger partial charge is 0.213 e. The average Bonchev–Trinajstić information content (AvgIpc) is 3.30. The van der Waals surface area contributed by atoms with E-state index in [2.05, 4.69) is 32.7 Å². The fraction of sp³-hybridized carbons (Fsp3) is 0.667. The number of ether oxygens (including phenoxy) is 1. The zero-order valence-electron chi connectivity index (χ0n) is 19.1. The Hall–Kier alpha value is -1.11. The summed E-state index contributed by atoms with van der Waals surface area (Å²) in [6.45, 7) is 5.75. The van der Waals surface area contributed by atoms with E-state index in [0.717, 1.165) is 31.3 Å². The summed E-state index contributed by atoms with van der Waals surface area (Å²) in [4.78, 5) is 6.82. The maximum atomic E-state index is 11.8. The number of aliphatic imine (C=N–C) groups is 1. The predicted octanol–water partition coefficient (Wildman–Crippen LogP) is 2.29. The largest absolute Gasteiger partial charge is 0.497 e. The van der Waals surface area contributed by atoms with Gasteiger partial charge in [0.2, 0.25) is 10.0 Å². The van der Waals surface area contributed by atoms with Crippen LogP contribution in [0, 0.1) is 0 Å². The third kappa shape index (κ3) is 8.74. The minimum Gasteiger partial charge on any atom is -0.497 e. The van der Waals surface area contributed by atoms with Crippen molar-refractivity contribution in [3.05, 3.63) is 29.8 Å². The second-order valence-electron chi connectivity index (χ2n) is 7.49. The normalized spacial score (nSPS) is 16.1. The molecule has 0 spiro atoms. The number of sulfonamides is 1. The summed E-state index contributed by atoms with van der Waals surface area (Å²) in [5.41, 5.74) is 1.26. The number of hydrogen-bond donors (Lipinski definition) is 2. The molecule has 0 aromatic heterocycles. The van der Waals surface area contributed by atoms with Crippen molar-refractivity contribution in [2.75, 3.05) is 59.7 Å². The van der Waals surface area contributed by atoms with Crippen LogP contribution in [0.4, 0.5) is 0 Å². The fourth-order valence-electron chi connectivity index (χ4n) is 3.62. The van der Waals surface area contributed by atoms with Crippen LogP contribution in [0.25, 0.3) is 0 Å². The Bertz CT molecular complexity index is 768. The summed E-state index contributed by atoms with van der Waals surface area (Å²) in [6, 6.07) is 8.53. The number of benzene rings is 1. The number of methoxy groups -OCH3 is 1. The molecule has 2 rings (SSSR count). The highest BCUT2D eigenvalue weighted by Crippen LogP contribution is 2.26. The molecule has 8 nitrogen and oxygen atoms in total. The van der Waals surface area contributed by atoms with Crippen molar-refractivity contribution in [3.8, 4) is 5.75 Å². The number of guanidine groups is 1. The molecule has 1 aliphatic rings. The van der Waals surface area contributed by atoms with Gasteiger partial charge in [-0.25, -0.2) is 12.7 Å². The van der Waals surface area contributed by atoms with E-state index < -0.39 is 10.0 Å². The van der Waals surface area contributed by atoms with Crippen molar-refractivity contribution < 1.29 is 13.2 Å². The highest BCUT2D eigenvalue weighted by Gasteiger charge is 2.23. The second-order valence-corrected chi connectivity index (χ2v) is 9.85. The third-order valence-electron chi connectivity index (χ3n) is 5.55. The minimum absolute atomic E-state index is 0. The molecule has 0 amide bonds. The molecule has 1 fully saturated rings. The number of rotatable bonds is 11. The molecule has 0 aliphatic carbocycles. The first-order valence-corrected chi connectivity index (χ1v) is 12.3. The Kier molecular flexibility index (Phi) is 12.7. The Morgan fingerprint density at radius 1 is 1.23 bits per heavy atom. The van der Waals surface area contributed by atoms with Crippen LogP contribution in [-0.2, 0) is 10.0 Å². The van der Waals surface area contributed by atoms with Crippen molar-refractivity contribution in [1.82, 2.24) is 19.8 Å². The van der Waals surface area contributed by atoms with Crippen LogP contribution < -0.4 is 15.4 Å². The first kappa shape index (κ1) is 27.9. The van der Waals surface area contributed by atoms with Crippen molar-refractivity contribution in [2.24, 2.45) is 4.99 Å². The maximum absolute atomic E-state index is 11.8. The van der Waals surface area contributed by atoms with Crippen LogP contribution in [0.2, 0.25) is 0 Å². The monoisotopic (exact) mass is 567 g/mol. The predicted molar refractivity (Wildman–Crippen MR) is 138 cm³/mol. The summed E-state index contributed by atoms with van der Waals surface area (Å²) >= 11 is 0. The molecule has 1 aromatic carbocycles. The van der Waals surface area contributed by atoms with E-state index in [1.54, 1.807) is 28.1 Å². The topological polar surface area (TPSA) is 86.3 Å². The number of nitrogens with zero attached hydrogens (tertiary/aromatic N) is 3. The zero-order chi connectivity index (χ0) is 22.0. The standard InChI is InChI=1S/C21H37N5O3S.HI/c1-5-30(27,28)25(3)14-8-13-23-21(22-2)24-17-20(26-15-6-7-16-26)18-9-11-19(29-4)12-10-18;/h9-12,20H,5-8,13-17H2,1-4H3,(H2,22,23,24);1H. The van der Waals surface area contributed by atoms with E-state index in [-0.39, 0.29) is 35.8 Å². The summed E-state index contributed by atoms with van der Waals surface area (Å²) in [7, 11) is 1.93. The molecule has 31 heavy (non-hydrogen) atoms. The van der Waals surface area contributed by atoms with Crippen LogP contribution in [0.3, 0.4) is 0 Å². The van der Waals surface area contributed by atoms with E-state index in [0.29, 0.717) is 19.5 Å². The van der Waals surface area contributed by atoms with Crippen molar-refractivity contribution >= 4 is 40.0 Å². The van der Waals surface area contributed by atoms with Gasteiger partial charge in [-0.2, -0.15) is 0 Å². The average molecular weight is 568 g/mol. The van der Waals surface area contributed by atoms with Gasteiger partial charge in [0.15, 0.2) is 5.96 Å². The maximum Gasteiger partial charge on any atom is 0.213 e. The van der Waals surface area contributed by atoms with Gasteiger partial charge in [0.1, 0.15) is 5.75 Å². The molecule has 1 saturated heterocycles. The van der Waals surface area contributed by atoms with E-state index in [1.165, 1.54) is 22.7 Å². The molecule has 1 atom stereocenters. The molecule has 1 aromatic rings. The van der Waals surface area contributed by atoms with Crippen LogP contribution in [0.1, 0.15) is 37.8 Å². The highest BCUT2D eigenvalue weighted by atomic mass is 127. The van der Waals surface area contributed by atoms with Gasteiger partial charge in [-0.15, -0.1) is 24.0 Å².